The van der Waals surface area contributed by atoms with Crippen LogP contribution in [-0.4, -0.2) is 27.8 Å². The van der Waals surface area contributed by atoms with Crippen molar-refractivity contribution in [1.82, 2.24) is 20.7 Å². The molecule has 2 aromatic heterocycles. The highest BCUT2D eigenvalue weighted by molar-refractivity contribution is 6.30. The van der Waals surface area contributed by atoms with E-state index in [2.05, 4.69) is 20.7 Å². The first-order valence-corrected chi connectivity index (χ1v) is 8.95. The number of amides is 1. The van der Waals surface area contributed by atoms with Crippen molar-refractivity contribution in [2.75, 3.05) is 6.54 Å². The zero-order valence-corrected chi connectivity index (χ0v) is 15.4. The van der Waals surface area contributed by atoms with Crippen molar-refractivity contribution in [1.29, 1.82) is 0 Å². The number of halogens is 1. The van der Waals surface area contributed by atoms with E-state index in [1.165, 1.54) is 0 Å². The lowest BCUT2D eigenvalue weighted by Gasteiger charge is -1.99. The number of nitrogens with zero attached hydrogens (tertiary/aromatic N) is 3. The molecule has 4 rings (SSSR count). The molecule has 0 spiro atoms. The van der Waals surface area contributed by atoms with Gasteiger partial charge >= 0.3 is 0 Å². The van der Waals surface area contributed by atoms with Crippen LogP contribution >= 0.6 is 11.6 Å². The summed E-state index contributed by atoms with van der Waals surface area (Å²) in [6, 6.07) is 18.2. The number of rotatable bonds is 6. The van der Waals surface area contributed by atoms with Gasteiger partial charge in [-0.3, -0.25) is 4.79 Å². The Morgan fingerprint density at radius 1 is 1.00 bits per heavy atom. The molecule has 2 heterocycles. The Balaban J connectivity index is 1.33. The van der Waals surface area contributed by atoms with Gasteiger partial charge in [0, 0.05) is 35.2 Å². The SMILES string of the molecule is O=C(NCCc1nnc(-c2ccccc2)o1)c1cc(-c2ccc(Cl)cc2)on1. The molecule has 0 aliphatic rings. The maximum atomic E-state index is 12.2. The summed E-state index contributed by atoms with van der Waals surface area (Å²) < 4.78 is 10.8. The third-order valence-corrected chi connectivity index (χ3v) is 4.24. The number of aromatic nitrogens is 3. The van der Waals surface area contributed by atoms with Gasteiger partial charge in [-0.15, -0.1) is 10.2 Å². The van der Waals surface area contributed by atoms with E-state index in [4.69, 9.17) is 20.5 Å². The summed E-state index contributed by atoms with van der Waals surface area (Å²) in [7, 11) is 0. The molecule has 8 heteroatoms. The molecule has 0 aliphatic heterocycles. The molecule has 0 bridgehead atoms. The summed E-state index contributed by atoms with van der Waals surface area (Å²) in [4.78, 5) is 12.2. The monoisotopic (exact) mass is 394 g/mol. The number of hydrogen-bond acceptors (Lipinski definition) is 6. The first kappa shape index (κ1) is 17.9. The van der Waals surface area contributed by atoms with Crippen LogP contribution in [0.15, 0.2) is 69.6 Å². The molecule has 0 aliphatic carbocycles. The molecular formula is C20H15ClN4O3. The lowest BCUT2D eigenvalue weighted by molar-refractivity contribution is 0.0944. The van der Waals surface area contributed by atoms with Crippen LogP contribution in [0, 0.1) is 0 Å². The van der Waals surface area contributed by atoms with Crippen molar-refractivity contribution in [3.63, 3.8) is 0 Å². The Morgan fingerprint density at radius 2 is 1.79 bits per heavy atom. The van der Waals surface area contributed by atoms with Crippen LogP contribution in [0.2, 0.25) is 5.02 Å². The van der Waals surface area contributed by atoms with Crippen LogP contribution in [0.1, 0.15) is 16.4 Å². The van der Waals surface area contributed by atoms with Gasteiger partial charge < -0.3 is 14.3 Å². The van der Waals surface area contributed by atoms with Crippen LogP contribution in [-0.2, 0) is 6.42 Å². The Kier molecular flexibility index (Phi) is 5.16. The predicted molar refractivity (Wildman–Crippen MR) is 103 cm³/mol. The quantitative estimate of drug-likeness (QED) is 0.530. The third-order valence-electron chi connectivity index (χ3n) is 3.98. The Bertz CT molecular complexity index is 1070. The summed E-state index contributed by atoms with van der Waals surface area (Å²) >= 11 is 5.87. The van der Waals surface area contributed by atoms with E-state index in [1.54, 1.807) is 30.3 Å². The maximum Gasteiger partial charge on any atom is 0.273 e. The fourth-order valence-corrected chi connectivity index (χ4v) is 2.68. The summed E-state index contributed by atoms with van der Waals surface area (Å²) in [5, 5.41) is 15.2. The van der Waals surface area contributed by atoms with Crippen LogP contribution in [0.5, 0.6) is 0 Å². The molecule has 7 nitrogen and oxygen atoms in total. The fraction of sp³-hybridized carbons (Fsp3) is 0.100. The zero-order chi connectivity index (χ0) is 19.3. The van der Waals surface area contributed by atoms with Gasteiger partial charge in [0.2, 0.25) is 11.8 Å². The van der Waals surface area contributed by atoms with Crippen molar-refractivity contribution in [3.8, 4) is 22.8 Å². The lowest BCUT2D eigenvalue weighted by Crippen LogP contribution is -2.26. The van der Waals surface area contributed by atoms with Crippen molar-refractivity contribution < 1.29 is 13.7 Å². The highest BCUT2D eigenvalue weighted by atomic mass is 35.5. The van der Waals surface area contributed by atoms with Crippen LogP contribution in [0.25, 0.3) is 22.8 Å². The van der Waals surface area contributed by atoms with Crippen molar-refractivity contribution >= 4 is 17.5 Å². The second-order valence-corrected chi connectivity index (χ2v) is 6.39. The van der Waals surface area contributed by atoms with Crippen molar-refractivity contribution in [2.24, 2.45) is 0 Å². The largest absolute Gasteiger partial charge is 0.421 e. The number of carbonyl (C=O) groups excluding carboxylic acids is 1. The Morgan fingerprint density at radius 3 is 2.57 bits per heavy atom. The smallest absolute Gasteiger partial charge is 0.273 e. The molecule has 0 atom stereocenters. The minimum Gasteiger partial charge on any atom is -0.421 e. The fourth-order valence-electron chi connectivity index (χ4n) is 2.56. The van der Waals surface area contributed by atoms with Gasteiger partial charge in [-0.1, -0.05) is 35.0 Å². The number of hydrogen-bond donors (Lipinski definition) is 1. The lowest BCUT2D eigenvalue weighted by atomic mass is 10.1. The Labute approximate surface area is 165 Å². The second kappa shape index (κ2) is 8.06. The summed E-state index contributed by atoms with van der Waals surface area (Å²) in [5.74, 6) is 1.05. The topological polar surface area (TPSA) is 94.1 Å². The standard InChI is InChI=1S/C20H15ClN4O3/c21-15-8-6-13(7-9-15)17-12-16(25-28-17)19(26)22-11-10-18-23-24-20(27-18)14-4-2-1-3-5-14/h1-9,12H,10-11H2,(H,22,26). The third kappa shape index (κ3) is 4.10. The van der Waals surface area contributed by atoms with Crippen LogP contribution < -0.4 is 5.32 Å². The first-order chi connectivity index (χ1) is 13.7. The Hall–Kier alpha value is -3.45. The summed E-state index contributed by atoms with van der Waals surface area (Å²) in [6.45, 7) is 0.332. The van der Waals surface area contributed by atoms with E-state index in [0.29, 0.717) is 35.5 Å². The molecule has 4 aromatic rings. The highest BCUT2D eigenvalue weighted by Gasteiger charge is 2.14. The normalized spacial score (nSPS) is 10.8. The summed E-state index contributed by atoms with van der Waals surface area (Å²) in [6.07, 6.45) is 0.410. The minimum absolute atomic E-state index is 0.195. The zero-order valence-electron chi connectivity index (χ0n) is 14.6. The van der Waals surface area contributed by atoms with E-state index < -0.39 is 0 Å². The number of nitrogens with one attached hydrogen (secondary N) is 1. The van der Waals surface area contributed by atoms with Gasteiger partial charge in [0.15, 0.2) is 11.5 Å². The molecule has 0 fully saturated rings. The average molecular weight is 395 g/mol. The number of benzene rings is 2. The van der Waals surface area contributed by atoms with Crippen LogP contribution in [0.4, 0.5) is 0 Å². The molecule has 0 unspecified atom stereocenters. The van der Waals surface area contributed by atoms with E-state index in [0.717, 1.165) is 11.1 Å². The summed E-state index contributed by atoms with van der Waals surface area (Å²) in [5.41, 5.74) is 1.83. The first-order valence-electron chi connectivity index (χ1n) is 8.58. The molecular weight excluding hydrogens is 380 g/mol. The van der Waals surface area contributed by atoms with E-state index >= 15 is 0 Å². The molecule has 0 saturated carbocycles. The van der Waals surface area contributed by atoms with Gasteiger partial charge in [0.05, 0.1) is 0 Å². The predicted octanol–water partition coefficient (Wildman–Crippen LogP) is 4.02. The second-order valence-electron chi connectivity index (χ2n) is 5.96. The van der Waals surface area contributed by atoms with Gasteiger partial charge in [0.25, 0.3) is 5.91 Å². The van der Waals surface area contributed by atoms with Crippen LogP contribution in [0.3, 0.4) is 0 Å². The molecule has 0 saturated heterocycles. The van der Waals surface area contributed by atoms with E-state index in [1.807, 2.05) is 30.3 Å². The molecule has 0 radical (unpaired) electrons. The maximum absolute atomic E-state index is 12.2. The molecule has 1 N–H and O–H groups in total. The van der Waals surface area contributed by atoms with E-state index in [9.17, 15) is 4.79 Å². The molecule has 2 aromatic carbocycles. The van der Waals surface area contributed by atoms with Gasteiger partial charge in [-0.2, -0.15) is 0 Å². The number of carbonyl (C=O) groups is 1. The van der Waals surface area contributed by atoms with Gasteiger partial charge in [0.1, 0.15) is 0 Å². The molecule has 1 amide bonds. The minimum atomic E-state index is -0.341. The average Bonchev–Trinajstić information content (AvgIpc) is 3.39. The van der Waals surface area contributed by atoms with Crippen molar-refractivity contribution in [2.45, 2.75) is 6.42 Å². The van der Waals surface area contributed by atoms with Gasteiger partial charge in [-0.25, -0.2) is 0 Å². The van der Waals surface area contributed by atoms with Crippen molar-refractivity contribution in [3.05, 3.63) is 77.3 Å². The molecule has 140 valence electrons. The molecule has 28 heavy (non-hydrogen) atoms. The van der Waals surface area contributed by atoms with E-state index in [-0.39, 0.29) is 11.6 Å². The highest BCUT2D eigenvalue weighted by Crippen LogP contribution is 2.22. The van der Waals surface area contributed by atoms with Gasteiger partial charge in [-0.05, 0) is 36.4 Å².